The molecule has 2 N–H and O–H groups in total. The fourth-order valence-electron chi connectivity index (χ4n) is 1.70. The second kappa shape index (κ2) is 5.42. The second-order valence-electron chi connectivity index (χ2n) is 6.25. The zero-order valence-corrected chi connectivity index (χ0v) is 12.8. The Bertz CT molecular complexity index is 590. The first kappa shape index (κ1) is 15.4. The molecule has 20 heavy (non-hydrogen) atoms. The summed E-state index contributed by atoms with van der Waals surface area (Å²) in [7, 11) is -3.53. The smallest absolute Gasteiger partial charge is 0.240 e. The molecule has 1 fully saturated rings. The molecule has 2 rings (SSSR count). The molecule has 0 saturated heterocycles. The first-order chi connectivity index (χ1) is 9.17. The summed E-state index contributed by atoms with van der Waals surface area (Å²) in [5.41, 5.74) is 0.201. The van der Waals surface area contributed by atoms with Crippen LogP contribution in [0, 0.1) is 5.82 Å². The Morgan fingerprint density at radius 1 is 1.30 bits per heavy atom. The first-order valence-electron chi connectivity index (χ1n) is 6.73. The highest BCUT2D eigenvalue weighted by atomic mass is 32.2. The van der Waals surface area contributed by atoms with Crippen molar-refractivity contribution in [2.45, 2.75) is 56.6 Å². The predicted octanol–water partition coefficient (Wildman–Crippen LogP) is 2.15. The van der Waals surface area contributed by atoms with Crippen molar-refractivity contribution in [3.63, 3.8) is 0 Å². The molecule has 0 bridgehead atoms. The van der Waals surface area contributed by atoms with E-state index in [-0.39, 0.29) is 16.5 Å². The summed E-state index contributed by atoms with van der Waals surface area (Å²) in [4.78, 5) is 0.122. The van der Waals surface area contributed by atoms with Gasteiger partial charge in [0.15, 0.2) is 0 Å². The van der Waals surface area contributed by atoms with Crippen LogP contribution in [-0.2, 0) is 16.6 Å². The molecule has 0 spiro atoms. The van der Waals surface area contributed by atoms with Crippen LogP contribution < -0.4 is 10.0 Å². The molecule has 1 aromatic rings. The molecule has 0 aliphatic heterocycles. The summed E-state index contributed by atoms with van der Waals surface area (Å²) in [6.07, 6.45) is 1.75. The van der Waals surface area contributed by atoms with E-state index in [0.717, 1.165) is 12.8 Å². The average Bonchev–Trinajstić information content (AvgIpc) is 3.09. The summed E-state index contributed by atoms with van der Waals surface area (Å²) < 4.78 is 40.5. The number of benzene rings is 1. The molecule has 0 heterocycles. The van der Waals surface area contributed by atoms with Crippen LogP contribution in [0.25, 0.3) is 0 Å². The van der Waals surface area contributed by atoms with Gasteiger partial charge in [0, 0.05) is 23.7 Å². The van der Waals surface area contributed by atoms with Gasteiger partial charge in [0.1, 0.15) is 5.82 Å². The quantitative estimate of drug-likeness (QED) is 0.876. The zero-order valence-electron chi connectivity index (χ0n) is 12.0. The number of hydrogen-bond donors (Lipinski definition) is 2. The predicted molar refractivity (Wildman–Crippen MR) is 76.3 cm³/mol. The van der Waals surface area contributed by atoms with E-state index in [2.05, 4.69) is 10.0 Å². The van der Waals surface area contributed by atoms with Crippen LogP contribution in [0.5, 0.6) is 0 Å². The monoisotopic (exact) mass is 300 g/mol. The molecule has 0 radical (unpaired) electrons. The summed E-state index contributed by atoms with van der Waals surface area (Å²) in [6.45, 7) is 6.21. The zero-order chi connectivity index (χ0) is 15.0. The van der Waals surface area contributed by atoms with Gasteiger partial charge in [-0.2, -0.15) is 0 Å². The molecule has 0 aromatic heterocycles. The van der Waals surface area contributed by atoms with Crippen LogP contribution in [0.15, 0.2) is 23.1 Å². The lowest BCUT2D eigenvalue weighted by Crippen LogP contribution is -2.35. The Hall–Kier alpha value is -0.980. The third kappa shape index (κ3) is 4.26. The van der Waals surface area contributed by atoms with Crippen molar-refractivity contribution in [2.24, 2.45) is 0 Å². The molecular weight excluding hydrogens is 279 g/mol. The topological polar surface area (TPSA) is 58.2 Å². The van der Waals surface area contributed by atoms with Crippen LogP contribution >= 0.6 is 0 Å². The molecule has 1 aliphatic rings. The summed E-state index contributed by atoms with van der Waals surface area (Å²) in [6, 6.07) is 3.96. The molecular formula is C14H21FN2O2S. The summed E-state index contributed by atoms with van der Waals surface area (Å²) >= 11 is 0. The Labute approximate surface area is 119 Å². The minimum atomic E-state index is -3.53. The fourth-order valence-corrected chi connectivity index (χ4v) is 3.06. The van der Waals surface area contributed by atoms with Crippen molar-refractivity contribution >= 4 is 10.0 Å². The van der Waals surface area contributed by atoms with Gasteiger partial charge in [-0.1, -0.05) is 0 Å². The maximum Gasteiger partial charge on any atom is 0.240 e. The van der Waals surface area contributed by atoms with Gasteiger partial charge in [-0.05, 0) is 51.8 Å². The molecule has 6 heteroatoms. The van der Waals surface area contributed by atoms with E-state index >= 15 is 0 Å². The Morgan fingerprint density at radius 2 is 1.95 bits per heavy atom. The Balaban J connectivity index is 2.19. The average molecular weight is 300 g/mol. The number of rotatable bonds is 5. The lowest BCUT2D eigenvalue weighted by Gasteiger charge is -2.21. The second-order valence-corrected chi connectivity index (χ2v) is 7.97. The summed E-state index contributed by atoms with van der Waals surface area (Å²) in [5.74, 6) is -0.396. The standard InChI is InChI=1S/C14H21FN2O2S/c1-14(2,3)16-9-10-8-12(6-7-13(10)15)20(18,19)17-11-4-5-11/h6-8,11,16-17H,4-5,9H2,1-3H3. The molecule has 1 saturated carbocycles. The minimum Gasteiger partial charge on any atom is -0.308 e. The first-order valence-corrected chi connectivity index (χ1v) is 8.21. The normalized spacial score (nSPS) is 16.4. The van der Waals surface area contributed by atoms with E-state index in [4.69, 9.17) is 0 Å². The van der Waals surface area contributed by atoms with Crippen LogP contribution in [-0.4, -0.2) is 20.0 Å². The van der Waals surface area contributed by atoms with E-state index in [1.807, 2.05) is 20.8 Å². The van der Waals surface area contributed by atoms with Crippen molar-refractivity contribution in [3.8, 4) is 0 Å². The van der Waals surface area contributed by atoms with E-state index in [1.165, 1.54) is 18.2 Å². The number of sulfonamides is 1. The van der Waals surface area contributed by atoms with Gasteiger partial charge >= 0.3 is 0 Å². The molecule has 0 atom stereocenters. The van der Waals surface area contributed by atoms with Gasteiger partial charge in [-0.15, -0.1) is 0 Å². The van der Waals surface area contributed by atoms with Gasteiger partial charge in [-0.3, -0.25) is 0 Å². The van der Waals surface area contributed by atoms with Crippen molar-refractivity contribution in [3.05, 3.63) is 29.6 Å². The molecule has 0 unspecified atom stereocenters. The largest absolute Gasteiger partial charge is 0.308 e. The number of nitrogens with one attached hydrogen (secondary N) is 2. The van der Waals surface area contributed by atoms with Gasteiger partial charge in [0.2, 0.25) is 10.0 Å². The van der Waals surface area contributed by atoms with E-state index < -0.39 is 15.8 Å². The fraction of sp³-hybridized carbons (Fsp3) is 0.571. The van der Waals surface area contributed by atoms with Crippen LogP contribution in [0.4, 0.5) is 4.39 Å². The van der Waals surface area contributed by atoms with E-state index in [1.54, 1.807) is 0 Å². The Kier molecular flexibility index (Phi) is 4.18. The van der Waals surface area contributed by atoms with Gasteiger partial charge in [0.05, 0.1) is 4.90 Å². The highest BCUT2D eigenvalue weighted by molar-refractivity contribution is 7.89. The van der Waals surface area contributed by atoms with Gasteiger partial charge in [0.25, 0.3) is 0 Å². The SMILES string of the molecule is CC(C)(C)NCc1cc(S(=O)(=O)NC2CC2)ccc1F. The molecule has 112 valence electrons. The van der Waals surface area contributed by atoms with Gasteiger partial charge < -0.3 is 5.32 Å². The van der Waals surface area contributed by atoms with Crippen molar-refractivity contribution in [1.82, 2.24) is 10.0 Å². The van der Waals surface area contributed by atoms with Crippen LogP contribution in [0.3, 0.4) is 0 Å². The van der Waals surface area contributed by atoms with E-state index in [0.29, 0.717) is 12.1 Å². The molecule has 0 amide bonds. The molecule has 4 nitrogen and oxygen atoms in total. The third-order valence-corrected chi connectivity index (χ3v) is 4.55. The lowest BCUT2D eigenvalue weighted by molar-refractivity contribution is 0.418. The van der Waals surface area contributed by atoms with Crippen molar-refractivity contribution < 1.29 is 12.8 Å². The minimum absolute atomic E-state index is 0.0428. The summed E-state index contributed by atoms with van der Waals surface area (Å²) in [5, 5.41) is 3.16. The van der Waals surface area contributed by atoms with Gasteiger partial charge in [-0.25, -0.2) is 17.5 Å². The molecule has 1 aromatic carbocycles. The van der Waals surface area contributed by atoms with Crippen molar-refractivity contribution in [2.75, 3.05) is 0 Å². The Morgan fingerprint density at radius 3 is 2.50 bits per heavy atom. The highest BCUT2D eigenvalue weighted by Gasteiger charge is 2.28. The highest BCUT2D eigenvalue weighted by Crippen LogP contribution is 2.23. The van der Waals surface area contributed by atoms with Crippen LogP contribution in [0.2, 0.25) is 0 Å². The number of halogens is 1. The van der Waals surface area contributed by atoms with Crippen molar-refractivity contribution in [1.29, 1.82) is 0 Å². The van der Waals surface area contributed by atoms with E-state index in [9.17, 15) is 12.8 Å². The van der Waals surface area contributed by atoms with Crippen LogP contribution in [0.1, 0.15) is 39.2 Å². The number of hydrogen-bond acceptors (Lipinski definition) is 3. The lowest BCUT2D eigenvalue weighted by atomic mass is 10.1. The third-order valence-electron chi connectivity index (χ3n) is 3.04. The molecule has 1 aliphatic carbocycles. The maximum atomic E-state index is 13.8. The maximum absolute atomic E-state index is 13.8.